The number of halogens is 3. The van der Waals surface area contributed by atoms with Crippen LogP contribution in [-0.4, -0.2) is 53.5 Å². The third-order valence-corrected chi connectivity index (χ3v) is 1.38. The second-order valence-corrected chi connectivity index (χ2v) is 3.06. The molecule has 7 heteroatoms. The van der Waals surface area contributed by atoms with Gasteiger partial charge in [-0.15, -0.1) is 0 Å². The fourth-order valence-corrected chi connectivity index (χ4v) is 0.996. The van der Waals surface area contributed by atoms with Crippen LogP contribution in [0.5, 0.6) is 0 Å². The van der Waals surface area contributed by atoms with Gasteiger partial charge in [0.25, 0.3) is 0 Å². The maximum atomic E-state index is 11.8. The Balaban J connectivity index is 3.82. The molecule has 0 aromatic heterocycles. The van der Waals surface area contributed by atoms with E-state index in [0.717, 1.165) is 4.90 Å². The predicted molar refractivity (Wildman–Crippen MR) is 41.8 cm³/mol. The van der Waals surface area contributed by atoms with Gasteiger partial charge in [-0.2, -0.15) is 13.2 Å². The van der Waals surface area contributed by atoms with Gasteiger partial charge in [0.05, 0.1) is 19.1 Å². The summed E-state index contributed by atoms with van der Waals surface area (Å²) in [5, 5.41) is 17.2. The summed E-state index contributed by atoms with van der Waals surface area (Å²) in [5.74, 6) is -1.24. The molecule has 14 heavy (non-hydrogen) atoms. The van der Waals surface area contributed by atoms with Gasteiger partial charge >= 0.3 is 12.1 Å². The third-order valence-electron chi connectivity index (χ3n) is 1.38. The molecular weight excluding hydrogens is 203 g/mol. The molecule has 0 aliphatic rings. The van der Waals surface area contributed by atoms with E-state index in [0.29, 0.717) is 0 Å². The van der Waals surface area contributed by atoms with E-state index in [9.17, 15) is 18.0 Å². The number of carboxylic acids is 1. The molecule has 0 heterocycles. The number of hydrogen-bond donors (Lipinski definition) is 2. The van der Waals surface area contributed by atoms with Crippen LogP contribution in [0, 0.1) is 0 Å². The number of rotatable bonds is 5. The van der Waals surface area contributed by atoms with Crippen LogP contribution in [-0.2, 0) is 4.79 Å². The number of aliphatic hydroxyl groups excluding tert-OH is 1. The Morgan fingerprint density at radius 3 is 2.36 bits per heavy atom. The Kier molecular flexibility index (Phi) is 4.86. The summed E-state index contributed by atoms with van der Waals surface area (Å²) >= 11 is 0. The average molecular weight is 215 g/mol. The maximum Gasteiger partial charge on any atom is 0.401 e. The second-order valence-electron chi connectivity index (χ2n) is 3.06. The highest BCUT2D eigenvalue weighted by atomic mass is 19.4. The molecule has 0 rings (SSSR count). The highest BCUT2D eigenvalue weighted by molar-refractivity contribution is 5.67. The van der Waals surface area contributed by atoms with Crippen molar-refractivity contribution >= 4 is 5.97 Å². The number of aliphatic carboxylic acids is 1. The van der Waals surface area contributed by atoms with Crippen LogP contribution in [0.25, 0.3) is 0 Å². The van der Waals surface area contributed by atoms with Gasteiger partial charge in [-0.1, -0.05) is 0 Å². The van der Waals surface area contributed by atoms with Gasteiger partial charge in [-0.25, -0.2) is 0 Å². The van der Waals surface area contributed by atoms with Crippen molar-refractivity contribution in [2.75, 3.05) is 20.1 Å². The molecule has 0 spiro atoms. The first-order valence-corrected chi connectivity index (χ1v) is 3.86. The van der Waals surface area contributed by atoms with Crippen molar-refractivity contribution in [2.45, 2.75) is 18.7 Å². The van der Waals surface area contributed by atoms with E-state index in [2.05, 4.69) is 0 Å². The van der Waals surface area contributed by atoms with E-state index in [4.69, 9.17) is 10.2 Å². The lowest BCUT2D eigenvalue weighted by atomic mass is 10.2. The summed E-state index contributed by atoms with van der Waals surface area (Å²) in [6.07, 6.45) is -6.17. The minimum atomic E-state index is -4.34. The summed E-state index contributed by atoms with van der Waals surface area (Å²) < 4.78 is 35.3. The molecular formula is C7H12F3NO3. The lowest BCUT2D eigenvalue weighted by Crippen LogP contribution is -2.37. The number of alkyl halides is 3. The molecule has 84 valence electrons. The number of likely N-dealkylation sites (N-methyl/N-ethyl adjacent to an activating group) is 1. The van der Waals surface area contributed by atoms with Gasteiger partial charge in [0, 0.05) is 6.54 Å². The Morgan fingerprint density at radius 1 is 1.50 bits per heavy atom. The summed E-state index contributed by atoms with van der Waals surface area (Å²) in [6.45, 7) is -1.48. The normalized spacial score (nSPS) is 14.4. The van der Waals surface area contributed by atoms with Crippen LogP contribution >= 0.6 is 0 Å². The lowest BCUT2D eigenvalue weighted by Gasteiger charge is -2.20. The van der Waals surface area contributed by atoms with Crippen LogP contribution in [0.4, 0.5) is 13.2 Å². The zero-order valence-corrected chi connectivity index (χ0v) is 7.58. The Labute approximate surface area is 78.9 Å². The van der Waals surface area contributed by atoms with Gasteiger partial charge in [-0.3, -0.25) is 9.69 Å². The van der Waals surface area contributed by atoms with Crippen LogP contribution in [0.3, 0.4) is 0 Å². The predicted octanol–water partition coefficient (Wildman–Crippen LogP) is 0.316. The van der Waals surface area contributed by atoms with Gasteiger partial charge in [-0.05, 0) is 7.05 Å². The van der Waals surface area contributed by atoms with E-state index in [1.807, 2.05) is 0 Å². The van der Waals surface area contributed by atoms with Crippen molar-refractivity contribution in [3.8, 4) is 0 Å². The maximum absolute atomic E-state index is 11.8. The molecule has 4 nitrogen and oxygen atoms in total. The fourth-order valence-electron chi connectivity index (χ4n) is 0.996. The van der Waals surface area contributed by atoms with E-state index >= 15 is 0 Å². The lowest BCUT2D eigenvalue weighted by molar-refractivity contribution is -0.146. The SMILES string of the molecule is CN(CC(O)CC(=O)O)CC(F)(F)F. The van der Waals surface area contributed by atoms with E-state index < -0.39 is 31.2 Å². The molecule has 0 aliphatic carbocycles. The van der Waals surface area contributed by atoms with Crippen molar-refractivity contribution in [3.63, 3.8) is 0 Å². The summed E-state index contributed by atoms with van der Waals surface area (Å²) in [6, 6.07) is 0. The van der Waals surface area contributed by atoms with Crippen molar-refractivity contribution in [2.24, 2.45) is 0 Å². The van der Waals surface area contributed by atoms with Crippen LogP contribution in [0.1, 0.15) is 6.42 Å². The third kappa shape index (κ3) is 7.81. The van der Waals surface area contributed by atoms with Crippen LogP contribution in [0.2, 0.25) is 0 Å². The molecule has 0 fully saturated rings. The van der Waals surface area contributed by atoms with Crippen molar-refractivity contribution in [3.05, 3.63) is 0 Å². The molecule has 1 atom stereocenters. The van der Waals surface area contributed by atoms with Gasteiger partial charge < -0.3 is 10.2 Å². The van der Waals surface area contributed by atoms with Gasteiger partial charge in [0.15, 0.2) is 0 Å². The first-order chi connectivity index (χ1) is 6.20. The smallest absolute Gasteiger partial charge is 0.401 e. The number of carboxylic acid groups (broad SMARTS) is 1. The van der Waals surface area contributed by atoms with Crippen molar-refractivity contribution in [1.29, 1.82) is 0 Å². The van der Waals surface area contributed by atoms with Crippen molar-refractivity contribution < 1.29 is 28.2 Å². The first-order valence-electron chi connectivity index (χ1n) is 3.86. The zero-order valence-electron chi connectivity index (χ0n) is 7.58. The Hall–Kier alpha value is -0.820. The van der Waals surface area contributed by atoms with Gasteiger partial charge in [0.1, 0.15) is 0 Å². The number of aliphatic hydroxyl groups is 1. The van der Waals surface area contributed by atoms with Crippen LogP contribution < -0.4 is 0 Å². The molecule has 0 aliphatic heterocycles. The quantitative estimate of drug-likeness (QED) is 0.693. The molecule has 0 radical (unpaired) electrons. The first kappa shape index (κ1) is 13.2. The standard InChI is InChI=1S/C7H12F3NO3/c1-11(4-7(8,9)10)3-5(12)2-6(13)14/h5,12H,2-4H2,1H3,(H,13,14). The number of nitrogens with zero attached hydrogens (tertiary/aromatic N) is 1. The zero-order chi connectivity index (χ0) is 11.4. The number of carbonyl (C=O) groups is 1. The van der Waals surface area contributed by atoms with Crippen LogP contribution in [0.15, 0.2) is 0 Å². The molecule has 0 saturated heterocycles. The van der Waals surface area contributed by atoms with E-state index in [1.165, 1.54) is 7.05 Å². The Bertz CT molecular complexity index is 195. The van der Waals surface area contributed by atoms with Crippen molar-refractivity contribution in [1.82, 2.24) is 4.90 Å². The minimum Gasteiger partial charge on any atom is -0.481 e. The molecule has 0 amide bonds. The molecule has 0 bridgehead atoms. The summed E-state index contributed by atoms with van der Waals surface area (Å²) in [7, 11) is 1.17. The monoisotopic (exact) mass is 215 g/mol. The minimum absolute atomic E-state index is 0.314. The molecule has 0 aromatic carbocycles. The fraction of sp³-hybridized carbons (Fsp3) is 0.857. The molecule has 2 N–H and O–H groups in total. The molecule has 1 unspecified atom stereocenters. The highest BCUT2D eigenvalue weighted by Crippen LogP contribution is 2.15. The van der Waals surface area contributed by atoms with E-state index in [-0.39, 0.29) is 6.54 Å². The Morgan fingerprint density at radius 2 is 2.00 bits per heavy atom. The topological polar surface area (TPSA) is 60.8 Å². The average Bonchev–Trinajstić information content (AvgIpc) is 1.77. The molecule has 0 aromatic rings. The van der Waals surface area contributed by atoms with E-state index in [1.54, 1.807) is 0 Å². The second kappa shape index (κ2) is 5.16. The number of hydrogen-bond acceptors (Lipinski definition) is 3. The highest BCUT2D eigenvalue weighted by Gasteiger charge is 2.29. The largest absolute Gasteiger partial charge is 0.481 e. The molecule has 0 saturated carbocycles. The summed E-state index contributed by atoms with van der Waals surface area (Å²) in [5.41, 5.74) is 0. The summed E-state index contributed by atoms with van der Waals surface area (Å²) in [4.78, 5) is 10.9. The van der Waals surface area contributed by atoms with Gasteiger partial charge in [0.2, 0.25) is 0 Å².